The molecule has 90 valence electrons. The lowest BCUT2D eigenvalue weighted by atomic mass is 10.3. The minimum Gasteiger partial charge on any atom is -0.491 e. The Hall–Kier alpha value is -1.26. The van der Waals surface area contributed by atoms with E-state index in [0.717, 1.165) is 11.5 Å². The molecule has 1 aromatic carbocycles. The molecule has 0 saturated heterocycles. The molecule has 0 aliphatic rings. The normalized spacial score (nSPS) is 10.1. The molecule has 0 radical (unpaired) electrons. The molecule has 0 N–H and O–H groups in total. The molecule has 4 heteroatoms. The van der Waals surface area contributed by atoms with Gasteiger partial charge in [-0.25, -0.2) is 0 Å². The highest BCUT2D eigenvalue weighted by Gasteiger charge is 1.96. The van der Waals surface area contributed by atoms with Crippen molar-refractivity contribution in [3.63, 3.8) is 0 Å². The highest BCUT2D eigenvalue weighted by molar-refractivity contribution is 5.31. The van der Waals surface area contributed by atoms with E-state index >= 15 is 0 Å². The molecule has 0 fully saturated rings. The van der Waals surface area contributed by atoms with Gasteiger partial charge in [-0.1, -0.05) is 0 Å². The van der Waals surface area contributed by atoms with Crippen molar-refractivity contribution < 1.29 is 18.9 Å². The van der Waals surface area contributed by atoms with E-state index in [9.17, 15) is 0 Å². The first-order valence-corrected chi connectivity index (χ1v) is 5.20. The maximum atomic E-state index is 5.42. The van der Waals surface area contributed by atoms with Crippen LogP contribution in [0.15, 0.2) is 24.3 Å². The second kappa shape index (κ2) is 7.96. The lowest BCUT2D eigenvalue weighted by Crippen LogP contribution is -2.05. The van der Waals surface area contributed by atoms with E-state index in [0.29, 0.717) is 26.4 Å². The summed E-state index contributed by atoms with van der Waals surface area (Å²) in [6.07, 6.45) is 0. The summed E-state index contributed by atoms with van der Waals surface area (Å²) in [5.41, 5.74) is 0. The first-order valence-electron chi connectivity index (χ1n) is 5.20. The second-order valence-corrected chi connectivity index (χ2v) is 3.15. The first-order chi connectivity index (χ1) is 7.86. The average Bonchev–Trinajstić information content (AvgIpc) is 2.32. The lowest BCUT2D eigenvalue weighted by molar-refractivity contribution is 0.144. The van der Waals surface area contributed by atoms with Crippen molar-refractivity contribution in [3.05, 3.63) is 24.3 Å². The molecule has 16 heavy (non-hydrogen) atoms. The minimum atomic E-state index is 0.556. The topological polar surface area (TPSA) is 36.9 Å². The third-order valence-electron chi connectivity index (χ3n) is 1.94. The molecule has 0 bridgehead atoms. The van der Waals surface area contributed by atoms with E-state index in [-0.39, 0.29) is 0 Å². The van der Waals surface area contributed by atoms with E-state index in [2.05, 4.69) is 0 Å². The van der Waals surface area contributed by atoms with E-state index < -0.39 is 0 Å². The zero-order valence-corrected chi connectivity index (χ0v) is 9.77. The molecule has 0 atom stereocenters. The van der Waals surface area contributed by atoms with Gasteiger partial charge in [-0.3, -0.25) is 0 Å². The van der Waals surface area contributed by atoms with Gasteiger partial charge in [-0.2, -0.15) is 0 Å². The summed E-state index contributed by atoms with van der Waals surface area (Å²) in [5.74, 6) is 1.63. The molecule has 4 nitrogen and oxygen atoms in total. The fourth-order valence-electron chi connectivity index (χ4n) is 1.12. The zero-order chi connectivity index (χ0) is 11.6. The van der Waals surface area contributed by atoms with Crippen molar-refractivity contribution in [1.29, 1.82) is 0 Å². The van der Waals surface area contributed by atoms with Crippen LogP contribution in [0.3, 0.4) is 0 Å². The molecule has 0 aromatic heterocycles. The van der Waals surface area contributed by atoms with Gasteiger partial charge in [0.05, 0.1) is 13.2 Å². The van der Waals surface area contributed by atoms with Gasteiger partial charge in [-0.05, 0) is 24.3 Å². The van der Waals surface area contributed by atoms with E-state index in [4.69, 9.17) is 18.9 Å². The molecule has 1 aromatic rings. The monoisotopic (exact) mass is 226 g/mol. The number of hydrogen-bond acceptors (Lipinski definition) is 4. The Kier molecular flexibility index (Phi) is 6.37. The summed E-state index contributed by atoms with van der Waals surface area (Å²) in [7, 11) is 3.30. The average molecular weight is 226 g/mol. The maximum Gasteiger partial charge on any atom is 0.119 e. The molecular formula is C12H18O4. The Morgan fingerprint density at radius 2 is 1.06 bits per heavy atom. The van der Waals surface area contributed by atoms with Gasteiger partial charge in [-0.15, -0.1) is 0 Å². The predicted octanol–water partition coefficient (Wildman–Crippen LogP) is 1.74. The van der Waals surface area contributed by atoms with Crippen molar-refractivity contribution >= 4 is 0 Å². The molecule has 0 aliphatic carbocycles. The number of benzene rings is 1. The van der Waals surface area contributed by atoms with Gasteiger partial charge in [0.15, 0.2) is 0 Å². The highest BCUT2D eigenvalue weighted by atomic mass is 16.5. The Labute approximate surface area is 96.1 Å². The SMILES string of the molecule is COCCOc1ccc(OCCOC)cc1. The summed E-state index contributed by atoms with van der Waals surface area (Å²) >= 11 is 0. The van der Waals surface area contributed by atoms with Crippen LogP contribution in [0.2, 0.25) is 0 Å². The Balaban J connectivity index is 2.30. The fraction of sp³-hybridized carbons (Fsp3) is 0.500. The van der Waals surface area contributed by atoms with Crippen LogP contribution in [-0.2, 0) is 9.47 Å². The molecule has 0 heterocycles. The lowest BCUT2D eigenvalue weighted by Gasteiger charge is -2.08. The highest BCUT2D eigenvalue weighted by Crippen LogP contribution is 2.17. The van der Waals surface area contributed by atoms with Gasteiger partial charge in [0, 0.05) is 14.2 Å². The van der Waals surface area contributed by atoms with Crippen molar-refractivity contribution in [2.24, 2.45) is 0 Å². The summed E-state index contributed by atoms with van der Waals surface area (Å²) in [4.78, 5) is 0. The van der Waals surface area contributed by atoms with Crippen molar-refractivity contribution in [1.82, 2.24) is 0 Å². The molecule has 0 aliphatic heterocycles. The molecule has 0 spiro atoms. The van der Waals surface area contributed by atoms with E-state index in [1.807, 2.05) is 24.3 Å². The van der Waals surface area contributed by atoms with Crippen LogP contribution >= 0.6 is 0 Å². The fourth-order valence-corrected chi connectivity index (χ4v) is 1.12. The molecule has 0 amide bonds. The summed E-state index contributed by atoms with van der Waals surface area (Å²) in [6.45, 7) is 2.29. The van der Waals surface area contributed by atoms with E-state index in [1.165, 1.54) is 0 Å². The summed E-state index contributed by atoms with van der Waals surface area (Å²) in [5, 5.41) is 0. The van der Waals surface area contributed by atoms with Gasteiger partial charge < -0.3 is 18.9 Å². The zero-order valence-electron chi connectivity index (χ0n) is 9.77. The van der Waals surface area contributed by atoms with Crippen LogP contribution in [-0.4, -0.2) is 40.6 Å². The van der Waals surface area contributed by atoms with Crippen molar-refractivity contribution in [2.75, 3.05) is 40.6 Å². The van der Waals surface area contributed by atoms with Crippen LogP contribution in [0, 0.1) is 0 Å². The molecular weight excluding hydrogens is 208 g/mol. The number of methoxy groups -OCH3 is 2. The van der Waals surface area contributed by atoms with Crippen LogP contribution in [0.1, 0.15) is 0 Å². The third kappa shape index (κ3) is 5.00. The van der Waals surface area contributed by atoms with Gasteiger partial charge in [0.2, 0.25) is 0 Å². The van der Waals surface area contributed by atoms with Crippen molar-refractivity contribution in [2.45, 2.75) is 0 Å². The van der Waals surface area contributed by atoms with Gasteiger partial charge in [0.1, 0.15) is 24.7 Å². The smallest absolute Gasteiger partial charge is 0.119 e. The van der Waals surface area contributed by atoms with Crippen molar-refractivity contribution in [3.8, 4) is 11.5 Å². The Bertz CT molecular complexity index is 242. The number of hydrogen-bond donors (Lipinski definition) is 0. The Morgan fingerprint density at radius 3 is 1.38 bits per heavy atom. The quantitative estimate of drug-likeness (QED) is 0.633. The predicted molar refractivity (Wildman–Crippen MR) is 61.2 cm³/mol. The second-order valence-electron chi connectivity index (χ2n) is 3.15. The summed E-state index contributed by atoms with van der Waals surface area (Å²) < 4.78 is 20.6. The third-order valence-corrected chi connectivity index (χ3v) is 1.94. The molecule has 0 saturated carbocycles. The standard InChI is InChI=1S/C12H18O4/c1-13-7-9-15-11-3-5-12(6-4-11)16-10-8-14-2/h3-6H,7-10H2,1-2H3. The Morgan fingerprint density at radius 1 is 0.688 bits per heavy atom. The van der Waals surface area contributed by atoms with Crippen LogP contribution in [0.4, 0.5) is 0 Å². The summed E-state index contributed by atoms with van der Waals surface area (Å²) in [6, 6.07) is 7.49. The molecule has 1 rings (SSSR count). The van der Waals surface area contributed by atoms with Crippen LogP contribution in [0.5, 0.6) is 11.5 Å². The maximum absolute atomic E-state index is 5.42. The van der Waals surface area contributed by atoms with Gasteiger partial charge in [0.25, 0.3) is 0 Å². The van der Waals surface area contributed by atoms with E-state index in [1.54, 1.807) is 14.2 Å². The largest absolute Gasteiger partial charge is 0.491 e. The number of ether oxygens (including phenoxy) is 4. The minimum absolute atomic E-state index is 0.556. The first kappa shape index (κ1) is 12.8. The van der Waals surface area contributed by atoms with Crippen LogP contribution < -0.4 is 9.47 Å². The van der Waals surface area contributed by atoms with Gasteiger partial charge >= 0.3 is 0 Å². The molecule has 0 unspecified atom stereocenters. The number of rotatable bonds is 8. The van der Waals surface area contributed by atoms with Crippen LogP contribution in [0.25, 0.3) is 0 Å².